The van der Waals surface area contributed by atoms with Crippen molar-refractivity contribution in [2.75, 3.05) is 0 Å². The highest BCUT2D eigenvalue weighted by atomic mass is 79.9. The van der Waals surface area contributed by atoms with E-state index >= 15 is 0 Å². The van der Waals surface area contributed by atoms with E-state index < -0.39 is 24.8 Å². The summed E-state index contributed by atoms with van der Waals surface area (Å²) in [5, 5.41) is 8.78. The summed E-state index contributed by atoms with van der Waals surface area (Å²) in [5.74, 6) is -1.07. The van der Waals surface area contributed by atoms with Crippen LogP contribution in [0.4, 0.5) is 8.78 Å². The Labute approximate surface area is 206 Å². The van der Waals surface area contributed by atoms with Crippen molar-refractivity contribution in [3.63, 3.8) is 0 Å². The van der Waals surface area contributed by atoms with E-state index in [4.69, 9.17) is 14.9 Å². The van der Waals surface area contributed by atoms with Gasteiger partial charge in [0.2, 0.25) is 0 Å². The first-order valence-corrected chi connectivity index (χ1v) is 12.8. The van der Waals surface area contributed by atoms with Crippen molar-refractivity contribution >= 4 is 35.6 Å². The van der Waals surface area contributed by atoms with E-state index in [1.54, 1.807) is 35.0 Å². The minimum Gasteiger partial charge on any atom is -0.478 e. The molecule has 0 bridgehead atoms. The number of carboxylic acid groups (broad SMARTS) is 1. The molecule has 1 heterocycles. The molecule has 1 aliphatic rings. The number of hydrogen-bond donors (Lipinski definition) is 3. The minimum absolute atomic E-state index is 0.0366. The van der Waals surface area contributed by atoms with Crippen LogP contribution in [-0.4, -0.2) is 30.0 Å². The third kappa shape index (κ3) is 5.23. The monoisotopic (exact) mass is 568 g/mol. The van der Waals surface area contributed by atoms with Crippen LogP contribution in [0.15, 0.2) is 64.0 Å². The van der Waals surface area contributed by atoms with Crippen LogP contribution in [0.1, 0.15) is 35.6 Å². The normalized spacial score (nSPS) is 14.5. The Morgan fingerprint density at radius 3 is 2.37 bits per heavy atom. The number of alkyl halides is 2. The molecule has 1 aliphatic carbocycles. The highest BCUT2D eigenvalue weighted by Crippen LogP contribution is 2.60. The lowest BCUT2D eigenvalue weighted by atomic mass is 10.1. The minimum atomic E-state index is -5.73. The van der Waals surface area contributed by atoms with Gasteiger partial charge in [-0.05, 0) is 41.7 Å². The highest BCUT2D eigenvalue weighted by Gasteiger charge is 2.51. The number of rotatable bonds is 8. The largest absolute Gasteiger partial charge is 0.478 e. The van der Waals surface area contributed by atoms with Gasteiger partial charge >= 0.3 is 24.9 Å². The van der Waals surface area contributed by atoms with Gasteiger partial charge in [-0.2, -0.15) is 8.78 Å². The molecule has 184 valence electrons. The molecule has 3 aromatic rings. The molecule has 0 amide bonds. The molecule has 2 aromatic carbocycles. The van der Waals surface area contributed by atoms with Gasteiger partial charge in [0, 0.05) is 28.4 Å². The summed E-state index contributed by atoms with van der Waals surface area (Å²) in [6.45, 7) is 0.0366. The Hall–Kier alpha value is -2.85. The smallest absolute Gasteiger partial charge is 0.399 e. The van der Waals surface area contributed by atoms with Gasteiger partial charge < -0.3 is 14.9 Å². The average molecular weight is 569 g/mol. The molecule has 3 N–H and O–H groups in total. The van der Waals surface area contributed by atoms with Crippen molar-refractivity contribution < 1.29 is 33.0 Å². The molecule has 1 aromatic heterocycles. The number of hydrogen-bond acceptors (Lipinski definition) is 3. The maximum absolute atomic E-state index is 14.2. The number of carbonyl (C=O) groups is 1. The first-order valence-electron chi connectivity index (χ1n) is 10.4. The van der Waals surface area contributed by atoms with E-state index in [2.05, 4.69) is 15.9 Å². The fourth-order valence-corrected chi connectivity index (χ4v) is 5.01. The second kappa shape index (κ2) is 9.31. The van der Waals surface area contributed by atoms with Crippen LogP contribution < -0.4 is 5.69 Å². The first-order chi connectivity index (χ1) is 16.4. The van der Waals surface area contributed by atoms with Gasteiger partial charge in [0.25, 0.3) is 0 Å². The standard InChI is InChI=1S/C23H20BrF2N2O6P/c24-19-11-15(3-9-18(19)23(25,26)35(32,33)34)12-28-20(13-27(22(28)31)17-7-8-17)16-5-1-14(2-6-16)4-10-21(29)30/h1-6,9-11,13,17H,7-8,12H2,(H,29,30)(H2,32,33,34)/b10-4+. The zero-order valence-corrected chi connectivity index (χ0v) is 20.5. The summed E-state index contributed by atoms with van der Waals surface area (Å²) in [7, 11) is -5.73. The van der Waals surface area contributed by atoms with Gasteiger partial charge in [-0.25, -0.2) is 9.59 Å². The number of imidazole rings is 1. The Bertz CT molecular complexity index is 1420. The van der Waals surface area contributed by atoms with E-state index in [1.807, 2.05) is 0 Å². The van der Waals surface area contributed by atoms with Crippen LogP contribution in [0.25, 0.3) is 17.3 Å². The lowest BCUT2D eigenvalue weighted by Crippen LogP contribution is -2.24. The van der Waals surface area contributed by atoms with E-state index in [-0.39, 0.29) is 22.7 Å². The second-order valence-electron chi connectivity index (χ2n) is 8.21. The van der Waals surface area contributed by atoms with Crippen molar-refractivity contribution in [3.8, 4) is 11.3 Å². The Balaban J connectivity index is 1.71. The number of aromatic nitrogens is 2. The van der Waals surface area contributed by atoms with E-state index in [0.29, 0.717) is 22.4 Å². The number of benzene rings is 2. The highest BCUT2D eigenvalue weighted by molar-refractivity contribution is 9.10. The first kappa shape index (κ1) is 25.2. The maximum Gasteiger partial charge on any atom is 0.399 e. The molecule has 4 rings (SSSR count). The summed E-state index contributed by atoms with van der Waals surface area (Å²) in [5.41, 5.74) is -3.04. The van der Waals surface area contributed by atoms with E-state index in [0.717, 1.165) is 25.0 Å². The van der Waals surface area contributed by atoms with Gasteiger partial charge in [0.1, 0.15) is 0 Å². The molecular formula is C23H20BrF2N2O6P. The van der Waals surface area contributed by atoms with Crippen molar-refractivity contribution in [2.24, 2.45) is 0 Å². The van der Waals surface area contributed by atoms with Gasteiger partial charge in [-0.1, -0.05) is 52.3 Å². The van der Waals surface area contributed by atoms with Crippen molar-refractivity contribution in [1.82, 2.24) is 9.13 Å². The quantitative estimate of drug-likeness (QED) is 0.265. The van der Waals surface area contributed by atoms with Gasteiger partial charge in [-0.15, -0.1) is 0 Å². The molecular weight excluding hydrogens is 549 g/mol. The van der Waals surface area contributed by atoms with Crippen LogP contribution in [-0.2, 0) is 21.6 Å². The number of aliphatic carboxylic acids is 1. The average Bonchev–Trinajstić information content (AvgIpc) is 3.57. The topological polar surface area (TPSA) is 122 Å². The summed E-state index contributed by atoms with van der Waals surface area (Å²) < 4.78 is 42.5. The van der Waals surface area contributed by atoms with Crippen molar-refractivity contribution in [3.05, 3.63) is 86.4 Å². The van der Waals surface area contributed by atoms with Crippen LogP contribution >= 0.6 is 23.5 Å². The fourth-order valence-electron chi connectivity index (χ4n) is 3.67. The molecule has 8 nitrogen and oxygen atoms in total. The fraction of sp³-hybridized carbons (Fsp3) is 0.217. The van der Waals surface area contributed by atoms with Crippen molar-refractivity contribution in [1.29, 1.82) is 0 Å². The number of carboxylic acids is 1. The number of halogens is 3. The maximum atomic E-state index is 14.2. The molecule has 12 heteroatoms. The zero-order valence-electron chi connectivity index (χ0n) is 18.0. The molecule has 0 unspecified atom stereocenters. The second-order valence-corrected chi connectivity index (χ2v) is 10.7. The summed E-state index contributed by atoms with van der Waals surface area (Å²) in [4.78, 5) is 41.9. The van der Waals surface area contributed by atoms with E-state index in [1.165, 1.54) is 22.8 Å². The Kier molecular flexibility index (Phi) is 6.72. The molecule has 35 heavy (non-hydrogen) atoms. The van der Waals surface area contributed by atoms with Crippen LogP contribution in [0.2, 0.25) is 0 Å². The van der Waals surface area contributed by atoms with E-state index in [9.17, 15) is 22.9 Å². The van der Waals surface area contributed by atoms with Crippen LogP contribution in [0, 0.1) is 0 Å². The van der Waals surface area contributed by atoms with Gasteiger partial charge in [-0.3, -0.25) is 13.7 Å². The SMILES string of the molecule is O=C(O)/C=C/c1ccc(-c2cn(C3CC3)c(=O)n2Cc2ccc(C(F)(F)P(=O)(O)O)c(Br)c2)cc1. The van der Waals surface area contributed by atoms with Gasteiger partial charge in [0.05, 0.1) is 12.2 Å². The molecule has 0 saturated heterocycles. The predicted octanol–water partition coefficient (Wildman–Crippen LogP) is 4.79. The lowest BCUT2D eigenvalue weighted by Gasteiger charge is -2.19. The molecule has 1 saturated carbocycles. The van der Waals surface area contributed by atoms with Crippen molar-refractivity contribution in [2.45, 2.75) is 31.1 Å². The summed E-state index contributed by atoms with van der Waals surface area (Å²) in [6.07, 6.45) is 5.96. The Morgan fingerprint density at radius 2 is 1.83 bits per heavy atom. The predicted molar refractivity (Wildman–Crippen MR) is 128 cm³/mol. The van der Waals surface area contributed by atoms with Crippen LogP contribution in [0.3, 0.4) is 0 Å². The summed E-state index contributed by atoms with van der Waals surface area (Å²) >= 11 is 2.98. The summed E-state index contributed by atoms with van der Waals surface area (Å²) in [6, 6.07) is 10.6. The molecule has 0 radical (unpaired) electrons. The molecule has 0 atom stereocenters. The molecule has 0 spiro atoms. The lowest BCUT2D eigenvalue weighted by molar-refractivity contribution is -0.131. The Morgan fingerprint density at radius 1 is 1.17 bits per heavy atom. The number of nitrogens with zero attached hydrogens (tertiary/aromatic N) is 2. The van der Waals surface area contributed by atoms with Gasteiger partial charge in [0.15, 0.2) is 0 Å². The molecule has 1 fully saturated rings. The van der Waals surface area contributed by atoms with Crippen LogP contribution in [0.5, 0.6) is 0 Å². The third-order valence-electron chi connectivity index (χ3n) is 5.63. The zero-order chi connectivity index (χ0) is 25.5. The molecule has 0 aliphatic heterocycles. The third-order valence-corrected chi connectivity index (χ3v) is 7.26.